The number of nitrogens with zero attached hydrogens (tertiary/aromatic N) is 3. The predicted octanol–water partition coefficient (Wildman–Crippen LogP) is 1.81. The van der Waals surface area contributed by atoms with Crippen LogP contribution in [0.1, 0.15) is 19.8 Å². The monoisotopic (exact) mass is 283 g/mol. The number of piperidine rings is 1. The Hall–Kier alpha value is -1.01. The highest BCUT2D eigenvalue weighted by Gasteiger charge is 2.21. The third-order valence-electron chi connectivity index (χ3n) is 3.24. The van der Waals surface area contributed by atoms with Crippen molar-refractivity contribution in [2.45, 2.75) is 24.9 Å². The highest BCUT2D eigenvalue weighted by molar-refractivity contribution is 7.98. The fraction of sp³-hybridized carbons (Fsp3) is 0.692. The summed E-state index contributed by atoms with van der Waals surface area (Å²) in [4.78, 5) is 11.1. The van der Waals surface area contributed by atoms with Gasteiger partial charge in [0.2, 0.25) is 5.88 Å². The molecular formula is C13H21N3O2S. The molecule has 5 nitrogen and oxygen atoms in total. The molecule has 0 amide bonds. The summed E-state index contributed by atoms with van der Waals surface area (Å²) < 4.78 is 5.49. The van der Waals surface area contributed by atoms with Crippen molar-refractivity contribution in [1.29, 1.82) is 0 Å². The molecule has 2 rings (SSSR count). The Morgan fingerprint density at radius 2 is 2.37 bits per heavy atom. The van der Waals surface area contributed by atoms with Crippen LogP contribution in [0.25, 0.3) is 0 Å². The van der Waals surface area contributed by atoms with Gasteiger partial charge in [-0.15, -0.1) is 0 Å². The number of rotatable bonds is 5. The van der Waals surface area contributed by atoms with E-state index in [1.165, 1.54) is 11.8 Å². The normalized spacial score (nSPS) is 19.5. The zero-order chi connectivity index (χ0) is 13.7. The lowest BCUT2D eigenvalue weighted by Gasteiger charge is -2.32. The first-order chi connectivity index (χ1) is 9.26. The van der Waals surface area contributed by atoms with Crippen molar-refractivity contribution in [2.75, 3.05) is 37.5 Å². The van der Waals surface area contributed by atoms with Gasteiger partial charge in [-0.25, -0.2) is 4.98 Å². The van der Waals surface area contributed by atoms with Crippen molar-refractivity contribution in [2.24, 2.45) is 5.92 Å². The molecule has 0 aliphatic carbocycles. The first-order valence-corrected chi connectivity index (χ1v) is 7.91. The molecule has 0 aromatic carbocycles. The minimum Gasteiger partial charge on any atom is -0.478 e. The second-order valence-corrected chi connectivity index (χ2v) is 5.39. The number of hydrogen-bond donors (Lipinski definition) is 1. The molecule has 1 atom stereocenters. The number of aromatic nitrogens is 2. The summed E-state index contributed by atoms with van der Waals surface area (Å²) in [7, 11) is 0. The molecule has 1 fully saturated rings. The summed E-state index contributed by atoms with van der Waals surface area (Å²) in [5.74, 6) is 1.88. The van der Waals surface area contributed by atoms with Gasteiger partial charge in [-0.3, -0.25) is 0 Å². The Balaban J connectivity index is 2.19. The standard InChI is InChI=1S/C13H21N3O2S/c1-3-18-12-7-11(14-13(15-12)19-2)16-6-4-5-10(8-16)9-17/h7,10,17H,3-6,8-9H2,1-2H3. The van der Waals surface area contributed by atoms with Crippen LogP contribution in [-0.2, 0) is 0 Å². The maximum Gasteiger partial charge on any atom is 0.219 e. The number of ether oxygens (including phenoxy) is 1. The van der Waals surface area contributed by atoms with Gasteiger partial charge < -0.3 is 14.7 Å². The first-order valence-electron chi connectivity index (χ1n) is 6.68. The van der Waals surface area contributed by atoms with E-state index in [0.717, 1.165) is 36.9 Å². The van der Waals surface area contributed by atoms with E-state index in [4.69, 9.17) is 4.74 Å². The highest BCUT2D eigenvalue weighted by Crippen LogP contribution is 2.26. The van der Waals surface area contributed by atoms with Gasteiger partial charge in [-0.2, -0.15) is 4.98 Å². The van der Waals surface area contributed by atoms with Crippen LogP contribution in [0, 0.1) is 5.92 Å². The van der Waals surface area contributed by atoms with E-state index in [1.807, 2.05) is 19.2 Å². The van der Waals surface area contributed by atoms with Crippen LogP contribution in [0.2, 0.25) is 0 Å². The molecule has 19 heavy (non-hydrogen) atoms. The Labute approximate surface area is 118 Å². The van der Waals surface area contributed by atoms with E-state index in [9.17, 15) is 5.11 Å². The van der Waals surface area contributed by atoms with Crippen molar-refractivity contribution in [1.82, 2.24) is 9.97 Å². The number of thioether (sulfide) groups is 1. The van der Waals surface area contributed by atoms with E-state index < -0.39 is 0 Å². The van der Waals surface area contributed by atoms with Gasteiger partial charge in [-0.05, 0) is 31.9 Å². The fourth-order valence-electron chi connectivity index (χ4n) is 2.29. The van der Waals surface area contributed by atoms with Crippen molar-refractivity contribution >= 4 is 17.6 Å². The summed E-state index contributed by atoms with van der Waals surface area (Å²) >= 11 is 1.52. The van der Waals surface area contributed by atoms with Gasteiger partial charge in [0.05, 0.1) is 6.61 Å². The third kappa shape index (κ3) is 3.73. The molecule has 0 bridgehead atoms. The lowest BCUT2D eigenvalue weighted by atomic mass is 9.99. The molecule has 1 unspecified atom stereocenters. The Kier molecular flexibility index (Phi) is 5.27. The largest absolute Gasteiger partial charge is 0.478 e. The molecule has 106 valence electrons. The van der Waals surface area contributed by atoms with Crippen LogP contribution >= 0.6 is 11.8 Å². The Morgan fingerprint density at radius 1 is 1.53 bits per heavy atom. The van der Waals surface area contributed by atoms with Crippen molar-refractivity contribution in [3.63, 3.8) is 0 Å². The molecule has 0 radical (unpaired) electrons. The zero-order valence-electron chi connectivity index (χ0n) is 11.5. The molecule has 1 N–H and O–H groups in total. The van der Waals surface area contributed by atoms with E-state index in [-0.39, 0.29) is 6.61 Å². The quantitative estimate of drug-likeness (QED) is 0.657. The van der Waals surface area contributed by atoms with Gasteiger partial charge in [0.15, 0.2) is 5.16 Å². The molecule has 0 saturated carbocycles. The maximum absolute atomic E-state index is 9.31. The molecule has 1 saturated heterocycles. The van der Waals surface area contributed by atoms with Crippen LogP contribution < -0.4 is 9.64 Å². The second kappa shape index (κ2) is 6.96. The second-order valence-electron chi connectivity index (χ2n) is 4.62. The van der Waals surface area contributed by atoms with E-state index >= 15 is 0 Å². The van der Waals surface area contributed by atoms with Gasteiger partial charge >= 0.3 is 0 Å². The fourth-order valence-corrected chi connectivity index (χ4v) is 2.66. The number of anilines is 1. The smallest absolute Gasteiger partial charge is 0.219 e. The average molecular weight is 283 g/mol. The molecular weight excluding hydrogens is 262 g/mol. The van der Waals surface area contributed by atoms with E-state index in [1.54, 1.807) is 0 Å². The topological polar surface area (TPSA) is 58.5 Å². The van der Waals surface area contributed by atoms with Gasteiger partial charge in [0, 0.05) is 25.8 Å². The lowest BCUT2D eigenvalue weighted by Crippen LogP contribution is -2.37. The van der Waals surface area contributed by atoms with E-state index in [2.05, 4.69) is 14.9 Å². The maximum atomic E-state index is 9.31. The third-order valence-corrected chi connectivity index (χ3v) is 3.79. The number of aliphatic hydroxyl groups excluding tert-OH is 1. The van der Waals surface area contributed by atoms with Gasteiger partial charge in [0.1, 0.15) is 5.82 Å². The predicted molar refractivity (Wildman–Crippen MR) is 77.0 cm³/mol. The summed E-state index contributed by atoms with van der Waals surface area (Å²) in [6.45, 7) is 4.63. The Morgan fingerprint density at radius 3 is 3.05 bits per heavy atom. The minimum absolute atomic E-state index is 0.245. The van der Waals surface area contributed by atoms with Crippen LogP contribution in [0.5, 0.6) is 5.88 Å². The molecule has 1 aliphatic rings. The molecule has 6 heteroatoms. The summed E-state index contributed by atoms with van der Waals surface area (Å²) in [5, 5.41) is 10.0. The summed E-state index contributed by atoms with van der Waals surface area (Å²) in [6, 6.07) is 1.89. The van der Waals surface area contributed by atoms with Crippen molar-refractivity contribution in [3.05, 3.63) is 6.07 Å². The average Bonchev–Trinajstić information content (AvgIpc) is 2.47. The molecule has 1 aromatic heterocycles. The number of aliphatic hydroxyl groups is 1. The Bertz CT molecular complexity index is 417. The molecule has 1 aromatic rings. The summed E-state index contributed by atoms with van der Waals surface area (Å²) in [5.41, 5.74) is 0. The van der Waals surface area contributed by atoms with Crippen LogP contribution in [0.4, 0.5) is 5.82 Å². The van der Waals surface area contributed by atoms with E-state index in [0.29, 0.717) is 18.4 Å². The molecule has 0 spiro atoms. The summed E-state index contributed by atoms with van der Waals surface area (Å²) in [6.07, 6.45) is 4.14. The van der Waals surface area contributed by atoms with Crippen LogP contribution in [-0.4, -0.2) is 47.6 Å². The minimum atomic E-state index is 0.245. The SMILES string of the molecule is CCOc1cc(N2CCCC(CO)C2)nc(SC)n1. The van der Waals surface area contributed by atoms with Crippen molar-refractivity contribution in [3.8, 4) is 5.88 Å². The first kappa shape index (κ1) is 14.4. The van der Waals surface area contributed by atoms with Crippen LogP contribution in [0.15, 0.2) is 11.2 Å². The number of hydrogen-bond acceptors (Lipinski definition) is 6. The highest BCUT2D eigenvalue weighted by atomic mass is 32.2. The van der Waals surface area contributed by atoms with Crippen LogP contribution in [0.3, 0.4) is 0 Å². The lowest BCUT2D eigenvalue weighted by molar-refractivity contribution is 0.208. The zero-order valence-corrected chi connectivity index (χ0v) is 12.3. The molecule has 1 aliphatic heterocycles. The molecule has 2 heterocycles. The van der Waals surface area contributed by atoms with Crippen molar-refractivity contribution < 1.29 is 9.84 Å². The van der Waals surface area contributed by atoms with Gasteiger partial charge in [0.25, 0.3) is 0 Å². The van der Waals surface area contributed by atoms with Gasteiger partial charge in [-0.1, -0.05) is 11.8 Å².